The molecule has 1 aliphatic rings. The van der Waals surface area contributed by atoms with Crippen molar-refractivity contribution >= 4 is 17.7 Å². The van der Waals surface area contributed by atoms with Gasteiger partial charge in [-0.2, -0.15) is 11.8 Å². The molecule has 0 spiro atoms. The molecule has 0 aliphatic heterocycles. The minimum absolute atomic E-state index is 0.112. The van der Waals surface area contributed by atoms with Gasteiger partial charge in [0.2, 0.25) is 0 Å². The van der Waals surface area contributed by atoms with Gasteiger partial charge < -0.3 is 9.73 Å². The first kappa shape index (κ1) is 12.6. The number of hydrogen-bond donors (Lipinski definition) is 1. The van der Waals surface area contributed by atoms with Crippen LogP contribution in [0.3, 0.4) is 0 Å². The van der Waals surface area contributed by atoms with E-state index in [1.165, 1.54) is 38.4 Å². The quantitative estimate of drug-likeness (QED) is 0.820. The van der Waals surface area contributed by atoms with E-state index < -0.39 is 0 Å². The predicted molar refractivity (Wildman–Crippen MR) is 70.4 cm³/mol. The second-order valence-electron chi connectivity index (χ2n) is 4.36. The Morgan fingerprint density at radius 3 is 2.94 bits per heavy atom. The summed E-state index contributed by atoms with van der Waals surface area (Å²) in [6, 6.07) is 3.41. The van der Waals surface area contributed by atoms with Crippen LogP contribution in [0.15, 0.2) is 22.8 Å². The number of carbonyl (C=O) groups excluding carboxylic acids is 1. The van der Waals surface area contributed by atoms with Gasteiger partial charge in [-0.15, -0.1) is 0 Å². The number of rotatable bonds is 5. The van der Waals surface area contributed by atoms with Crippen molar-refractivity contribution in [1.29, 1.82) is 0 Å². The molecule has 0 atom stereocenters. The lowest BCUT2D eigenvalue weighted by molar-refractivity contribution is 0.0928. The fraction of sp³-hybridized carbons (Fsp3) is 0.615. The maximum Gasteiger partial charge on any atom is 0.287 e. The van der Waals surface area contributed by atoms with Crippen LogP contribution in [0.25, 0.3) is 0 Å². The van der Waals surface area contributed by atoms with Gasteiger partial charge in [0.15, 0.2) is 5.76 Å². The molecule has 1 aliphatic carbocycles. The van der Waals surface area contributed by atoms with Gasteiger partial charge in [-0.3, -0.25) is 4.79 Å². The largest absolute Gasteiger partial charge is 0.459 e. The van der Waals surface area contributed by atoms with Gasteiger partial charge >= 0.3 is 0 Å². The first-order valence-electron chi connectivity index (χ1n) is 6.29. The number of hydrogen-bond acceptors (Lipinski definition) is 3. The Balaban J connectivity index is 1.58. The predicted octanol–water partition coefficient (Wildman–Crippen LogP) is 3.08. The van der Waals surface area contributed by atoms with Crippen molar-refractivity contribution in [2.75, 3.05) is 12.3 Å². The van der Waals surface area contributed by atoms with Crippen LogP contribution >= 0.6 is 11.8 Å². The van der Waals surface area contributed by atoms with E-state index in [9.17, 15) is 4.79 Å². The zero-order valence-electron chi connectivity index (χ0n) is 9.98. The van der Waals surface area contributed by atoms with Crippen molar-refractivity contribution in [1.82, 2.24) is 5.32 Å². The zero-order chi connectivity index (χ0) is 11.9. The van der Waals surface area contributed by atoms with Crippen molar-refractivity contribution < 1.29 is 9.21 Å². The molecule has 0 unspecified atom stereocenters. The van der Waals surface area contributed by atoms with Crippen molar-refractivity contribution in [2.45, 2.75) is 37.4 Å². The molecule has 1 heterocycles. The summed E-state index contributed by atoms with van der Waals surface area (Å²) < 4.78 is 5.02. The molecule has 1 aromatic rings. The van der Waals surface area contributed by atoms with E-state index in [0.717, 1.165) is 17.5 Å². The molecule has 4 heteroatoms. The van der Waals surface area contributed by atoms with Gasteiger partial charge in [0, 0.05) is 17.5 Å². The summed E-state index contributed by atoms with van der Waals surface area (Å²) in [6.07, 6.45) is 8.35. The van der Waals surface area contributed by atoms with Crippen LogP contribution in [0.1, 0.15) is 42.7 Å². The van der Waals surface area contributed by atoms with Crippen LogP contribution in [0.5, 0.6) is 0 Å². The first-order chi connectivity index (χ1) is 8.36. The summed E-state index contributed by atoms with van der Waals surface area (Å²) in [4.78, 5) is 11.5. The van der Waals surface area contributed by atoms with Crippen molar-refractivity contribution in [2.24, 2.45) is 0 Å². The summed E-state index contributed by atoms with van der Waals surface area (Å²) in [5.41, 5.74) is 0. The minimum Gasteiger partial charge on any atom is -0.459 e. The van der Waals surface area contributed by atoms with Gasteiger partial charge in [0.25, 0.3) is 5.91 Å². The molecule has 1 aromatic heterocycles. The van der Waals surface area contributed by atoms with Crippen molar-refractivity contribution in [3.63, 3.8) is 0 Å². The second kappa shape index (κ2) is 6.74. The third kappa shape index (κ3) is 4.11. The molecule has 17 heavy (non-hydrogen) atoms. The van der Waals surface area contributed by atoms with Crippen LogP contribution in [-0.4, -0.2) is 23.5 Å². The van der Waals surface area contributed by atoms with Crippen LogP contribution in [-0.2, 0) is 0 Å². The Morgan fingerprint density at radius 2 is 2.24 bits per heavy atom. The monoisotopic (exact) mass is 253 g/mol. The SMILES string of the molecule is O=C(NCCSC1CCCCC1)c1ccco1. The lowest BCUT2D eigenvalue weighted by Gasteiger charge is -2.20. The Morgan fingerprint density at radius 1 is 1.41 bits per heavy atom. The maximum absolute atomic E-state index is 11.5. The summed E-state index contributed by atoms with van der Waals surface area (Å²) in [6.45, 7) is 0.723. The van der Waals surface area contributed by atoms with Gasteiger partial charge in [-0.1, -0.05) is 19.3 Å². The average molecular weight is 253 g/mol. The smallest absolute Gasteiger partial charge is 0.287 e. The highest BCUT2D eigenvalue weighted by molar-refractivity contribution is 7.99. The molecule has 0 radical (unpaired) electrons. The van der Waals surface area contributed by atoms with E-state index in [-0.39, 0.29) is 5.91 Å². The van der Waals surface area contributed by atoms with E-state index in [1.807, 2.05) is 11.8 Å². The average Bonchev–Trinajstić information content (AvgIpc) is 2.89. The third-order valence-electron chi connectivity index (χ3n) is 3.04. The highest BCUT2D eigenvalue weighted by Gasteiger charge is 2.13. The van der Waals surface area contributed by atoms with Gasteiger partial charge in [-0.25, -0.2) is 0 Å². The maximum atomic E-state index is 11.5. The molecule has 1 fully saturated rings. The van der Waals surface area contributed by atoms with E-state index in [0.29, 0.717) is 5.76 Å². The molecule has 1 amide bonds. The van der Waals surface area contributed by atoms with Crippen LogP contribution in [0, 0.1) is 0 Å². The van der Waals surface area contributed by atoms with Crippen molar-refractivity contribution in [3.8, 4) is 0 Å². The fourth-order valence-corrected chi connectivity index (χ4v) is 3.34. The second-order valence-corrected chi connectivity index (χ2v) is 5.77. The van der Waals surface area contributed by atoms with Gasteiger partial charge in [-0.05, 0) is 25.0 Å². The highest BCUT2D eigenvalue weighted by atomic mass is 32.2. The van der Waals surface area contributed by atoms with E-state index in [2.05, 4.69) is 5.32 Å². The molecule has 94 valence electrons. The molecule has 2 rings (SSSR count). The number of thioether (sulfide) groups is 1. The molecule has 3 nitrogen and oxygen atoms in total. The number of furan rings is 1. The molecule has 1 saturated carbocycles. The minimum atomic E-state index is -0.112. The summed E-state index contributed by atoms with van der Waals surface area (Å²) in [7, 11) is 0. The number of amides is 1. The van der Waals surface area contributed by atoms with Crippen LogP contribution < -0.4 is 5.32 Å². The lowest BCUT2D eigenvalue weighted by Crippen LogP contribution is -2.26. The van der Waals surface area contributed by atoms with E-state index in [1.54, 1.807) is 12.1 Å². The Bertz CT molecular complexity index is 331. The molecule has 1 N–H and O–H groups in total. The highest BCUT2D eigenvalue weighted by Crippen LogP contribution is 2.27. The summed E-state index contributed by atoms with van der Waals surface area (Å²) >= 11 is 1.99. The molecule has 0 saturated heterocycles. The fourth-order valence-electron chi connectivity index (χ4n) is 2.12. The molecule has 0 aromatic carbocycles. The van der Waals surface area contributed by atoms with E-state index in [4.69, 9.17) is 4.42 Å². The van der Waals surface area contributed by atoms with E-state index >= 15 is 0 Å². The summed E-state index contributed by atoms with van der Waals surface area (Å²) in [5.74, 6) is 1.28. The zero-order valence-corrected chi connectivity index (χ0v) is 10.8. The standard InChI is InChI=1S/C13H19NO2S/c15-13(12-7-4-9-16-12)14-8-10-17-11-5-2-1-3-6-11/h4,7,9,11H,1-3,5-6,8,10H2,(H,14,15). The summed E-state index contributed by atoms with van der Waals surface area (Å²) in [5, 5.41) is 3.68. The molecular weight excluding hydrogens is 234 g/mol. The Labute approximate surface area is 106 Å². The third-order valence-corrected chi connectivity index (χ3v) is 4.42. The normalized spacial score (nSPS) is 16.9. The lowest BCUT2D eigenvalue weighted by atomic mass is 10.0. The number of nitrogens with one attached hydrogen (secondary N) is 1. The Kier molecular flexibility index (Phi) is 4.98. The van der Waals surface area contributed by atoms with Crippen LogP contribution in [0.2, 0.25) is 0 Å². The van der Waals surface area contributed by atoms with Gasteiger partial charge in [0.05, 0.1) is 6.26 Å². The molecule has 0 bridgehead atoms. The topological polar surface area (TPSA) is 42.2 Å². The first-order valence-corrected chi connectivity index (χ1v) is 7.34. The Hall–Kier alpha value is -0.900. The van der Waals surface area contributed by atoms with Crippen LogP contribution in [0.4, 0.5) is 0 Å². The molecular formula is C13H19NO2S. The number of carbonyl (C=O) groups is 1. The van der Waals surface area contributed by atoms with Gasteiger partial charge in [0.1, 0.15) is 0 Å². The van der Waals surface area contributed by atoms with Crippen molar-refractivity contribution in [3.05, 3.63) is 24.2 Å².